The number of halogens is 1. The van der Waals surface area contributed by atoms with Crippen molar-refractivity contribution in [1.29, 1.82) is 0 Å². The molecule has 0 aromatic heterocycles. The van der Waals surface area contributed by atoms with Gasteiger partial charge in [0, 0.05) is 18.8 Å². The van der Waals surface area contributed by atoms with Gasteiger partial charge in [0.05, 0.1) is 4.90 Å². The van der Waals surface area contributed by atoms with Crippen molar-refractivity contribution in [2.75, 3.05) is 18.2 Å². The minimum Gasteiger partial charge on any atom is -0.325 e. The van der Waals surface area contributed by atoms with Crippen molar-refractivity contribution in [2.45, 2.75) is 24.8 Å². The van der Waals surface area contributed by atoms with Crippen molar-refractivity contribution in [2.24, 2.45) is 0 Å². The van der Waals surface area contributed by atoms with Gasteiger partial charge >= 0.3 is 0 Å². The molecule has 0 fully saturated rings. The molecule has 0 saturated carbocycles. The van der Waals surface area contributed by atoms with Crippen molar-refractivity contribution >= 4 is 33.2 Å². The van der Waals surface area contributed by atoms with Crippen molar-refractivity contribution < 1.29 is 13.2 Å². The molecule has 1 amide bonds. The molecule has 1 aromatic rings. The standard InChI is InChI=1S/C12H17ClN2O3S/c1-9(2)15(3)19(17,18)11-6-4-10(5-7-11)14-12(16)8-13/h4-7,9H,8H2,1-3H3,(H,14,16). The third-order valence-corrected chi connectivity index (χ3v) is 4.95. The maximum absolute atomic E-state index is 12.2. The smallest absolute Gasteiger partial charge is 0.243 e. The maximum atomic E-state index is 12.2. The second-order valence-electron chi connectivity index (χ2n) is 4.32. The van der Waals surface area contributed by atoms with Crippen LogP contribution in [0.3, 0.4) is 0 Å². The minimum absolute atomic E-state index is 0.124. The van der Waals surface area contributed by atoms with Crippen molar-refractivity contribution in [1.82, 2.24) is 4.31 Å². The van der Waals surface area contributed by atoms with Crippen LogP contribution in [0.1, 0.15) is 13.8 Å². The van der Waals surface area contributed by atoms with E-state index >= 15 is 0 Å². The van der Waals surface area contributed by atoms with Gasteiger partial charge in [-0.25, -0.2) is 8.42 Å². The average Bonchev–Trinajstić information content (AvgIpc) is 2.38. The lowest BCUT2D eigenvalue weighted by Crippen LogP contribution is -2.33. The Balaban J connectivity index is 2.96. The predicted octanol–water partition coefficient (Wildman–Crippen LogP) is 1.89. The number of benzene rings is 1. The van der Waals surface area contributed by atoms with Gasteiger partial charge in [-0.05, 0) is 38.1 Å². The molecule has 7 heteroatoms. The fraction of sp³-hybridized carbons (Fsp3) is 0.417. The van der Waals surface area contributed by atoms with Crippen LogP contribution in [0.2, 0.25) is 0 Å². The Bertz CT molecular complexity index is 541. The van der Waals surface area contributed by atoms with Crippen LogP contribution in [0.5, 0.6) is 0 Å². The highest BCUT2D eigenvalue weighted by molar-refractivity contribution is 7.89. The summed E-state index contributed by atoms with van der Waals surface area (Å²) in [5.41, 5.74) is 0.511. The summed E-state index contributed by atoms with van der Waals surface area (Å²) in [5.74, 6) is -0.479. The van der Waals surface area contributed by atoms with E-state index in [2.05, 4.69) is 5.32 Å². The number of nitrogens with one attached hydrogen (secondary N) is 1. The van der Waals surface area contributed by atoms with Gasteiger partial charge in [-0.1, -0.05) is 0 Å². The van der Waals surface area contributed by atoms with E-state index in [1.165, 1.54) is 35.6 Å². The molecule has 0 atom stereocenters. The van der Waals surface area contributed by atoms with Gasteiger partial charge in [-0.15, -0.1) is 11.6 Å². The summed E-state index contributed by atoms with van der Waals surface area (Å²) >= 11 is 5.37. The summed E-state index contributed by atoms with van der Waals surface area (Å²) in [5, 5.41) is 2.54. The Morgan fingerprint density at radius 2 is 1.84 bits per heavy atom. The van der Waals surface area contributed by atoms with E-state index in [4.69, 9.17) is 11.6 Å². The summed E-state index contributed by atoms with van der Waals surface area (Å²) in [6.07, 6.45) is 0. The van der Waals surface area contributed by atoms with Crippen LogP contribution in [0, 0.1) is 0 Å². The molecule has 0 bridgehead atoms. The average molecular weight is 305 g/mol. The molecule has 0 aliphatic carbocycles. The Morgan fingerprint density at radius 1 is 1.32 bits per heavy atom. The predicted molar refractivity (Wildman–Crippen MR) is 75.9 cm³/mol. The van der Waals surface area contributed by atoms with E-state index in [1.807, 2.05) is 0 Å². The molecule has 1 aromatic carbocycles. The van der Waals surface area contributed by atoms with Gasteiger partial charge in [-0.2, -0.15) is 4.31 Å². The van der Waals surface area contributed by atoms with Crippen LogP contribution in [0.4, 0.5) is 5.69 Å². The summed E-state index contributed by atoms with van der Waals surface area (Å²) in [4.78, 5) is 11.3. The number of carbonyl (C=O) groups is 1. The van der Waals surface area contributed by atoms with Crippen LogP contribution >= 0.6 is 11.6 Å². The number of sulfonamides is 1. The van der Waals surface area contributed by atoms with Crippen LogP contribution < -0.4 is 5.32 Å². The number of hydrogen-bond acceptors (Lipinski definition) is 3. The number of amides is 1. The topological polar surface area (TPSA) is 66.5 Å². The lowest BCUT2D eigenvalue weighted by molar-refractivity contribution is -0.113. The van der Waals surface area contributed by atoms with Gasteiger partial charge in [0.15, 0.2) is 0 Å². The SMILES string of the molecule is CC(C)N(C)S(=O)(=O)c1ccc(NC(=O)CCl)cc1. The number of alkyl halides is 1. The van der Waals surface area contributed by atoms with Crippen LogP contribution in [-0.4, -0.2) is 37.6 Å². The quantitative estimate of drug-likeness (QED) is 0.845. The first kappa shape index (κ1) is 15.9. The van der Waals surface area contributed by atoms with Gasteiger partial charge in [0.1, 0.15) is 5.88 Å². The summed E-state index contributed by atoms with van der Waals surface area (Å²) < 4.78 is 25.7. The van der Waals surface area contributed by atoms with E-state index in [0.29, 0.717) is 5.69 Å². The number of carbonyl (C=O) groups excluding carboxylic acids is 1. The largest absolute Gasteiger partial charge is 0.325 e. The Hall–Kier alpha value is -1.11. The number of nitrogens with zero attached hydrogens (tertiary/aromatic N) is 1. The fourth-order valence-electron chi connectivity index (χ4n) is 1.35. The molecule has 0 aliphatic heterocycles. The van der Waals surface area contributed by atoms with Crippen molar-refractivity contribution in [3.63, 3.8) is 0 Å². The molecule has 0 heterocycles. The van der Waals surface area contributed by atoms with Crippen LogP contribution in [0.15, 0.2) is 29.2 Å². The molecule has 5 nitrogen and oxygen atoms in total. The van der Waals surface area contributed by atoms with Crippen LogP contribution in [0.25, 0.3) is 0 Å². The van der Waals surface area contributed by atoms with Gasteiger partial charge in [0.2, 0.25) is 15.9 Å². The zero-order valence-electron chi connectivity index (χ0n) is 11.1. The van der Waals surface area contributed by atoms with Crippen molar-refractivity contribution in [3.05, 3.63) is 24.3 Å². The first-order valence-electron chi connectivity index (χ1n) is 5.73. The van der Waals surface area contributed by atoms with Gasteiger partial charge in [0.25, 0.3) is 0 Å². The third kappa shape index (κ3) is 3.92. The molecule has 0 unspecified atom stereocenters. The van der Waals surface area contributed by atoms with E-state index in [1.54, 1.807) is 13.8 Å². The highest BCUT2D eigenvalue weighted by Crippen LogP contribution is 2.18. The molecular weight excluding hydrogens is 288 g/mol. The molecule has 19 heavy (non-hydrogen) atoms. The fourth-order valence-corrected chi connectivity index (χ4v) is 2.78. The second kappa shape index (κ2) is 6.36. The summed E-state index contributed by atoms with van der Waals surface area (Å²) in [7, 11) is -1.96. The van der Waals surface area contributed by atoms with E-state index < -0.39 is 10.0 Å². The maximum Gasteiger partial charge on any atom is 0.243 e. The zero-order chi connectivity index (χ0) is 14.6. The highest BCUT2D eigenvalue weighted by Gasteiger charge is 2.22. The van der Waals surface area contributed by atoms with Crippen LogP contribution in [-0.2, 0) is 14.8 Å². The molecule has 0 radical (unpaired) electrons. The number of anilines is 1. The Morgan fingerprint density at radius 3 is 2.26 bits per heavy atom. The van der Waals surface area contributed by atoms with E-state index in [9.17, 15) is 13.2 Å². The van der Waals surface area contributed by atoms with Crippen molar-refractivity contribution in [3.8, 4) is 0 Å². The second-order valence-corrected chi connectivity index (χ2v) is 6.59. The van der Waals surface area contributed by atoms with Gasteiger partial charge in [-0.3, -0.25) is 4.79 Å². The lowest BCUT2D eigenvalue weighted by Gasteiger charge is -2.21. The molecule has 1 rings (SSSR count). The number of hydrogen-bond donors (Lipinski definition) is 1. The van der Waals surface area contributed by atoms with Gasteiger partial charge < -0.3 is 5.32 Å². The molecule has 0 aliphatic rings. The summed E-state index contributed by atoms with van der Waals surface area (Å²) in [6.45, 7) is 3.60. The molecule has 1 N–H and O–H groups in total. The lowest BCUT2D eigenvalue weighted by atomic mass is 10.3. The summed E-state index contributed by atoms with van der Waals surface area (Å²) in [6, 6.07) is 5.85. The molecule has 0 saturated heterocycles. The van der Waals surface area contributed by atoms with E-state index in [0.717, 1.165) is 0 Å². The van der Waals surface area contributed by atoms with E-state index in [-0.39, 0.29) is 22.7 Å². The molecular formula is C12H17ClN2O3S. The minimum atomic E-state index is -3.49. The molecule has 0 spiro atoms. The highest BCUT2D eigenvalue weighted by atomic mass is 35.5. The molecule has 106 valence electrons. The number of rotatable bonds is 5. The Labute approximate surface area is 118 Å². The zero-order valence-corrected chi connectivity index (χ0v) is 12.6. The third-order valence-electron chi connectivity index (χ3n) is 2.66. The Kier molecular flexibility index (Phi) is 5.34. The monoisotopic (exact) mass is 304 g/mol. The first-order valence-corrected chi connectivity index (χ1v) is 7.70. The normalized spacial score (nSPS) is 11.9. The first-order chi connectivity index (χ1) is 8.78.